The lowest BCUT2D eigenvalue weighted by Gasteiger charge is -2.21. The average molecular weight is 242 g/mol. The predicted octanol–water partition coefficient (Wildman–Crippen LogP) is 4.07. The van der Waals surface area contributed by atoms with E-state index in [-0.39, 0.29) is 5.41 Å². The number of pyridine rings is 1. The first-order valence-corrected chi connectivity index (χ1v) is 6.62. The number of fused-ring (bicyclic) bond motifs is 1. The van der Waals surface area contributed by atoms with Crippen LogP contribution in [0, 0.1) is 0 Å². The van der Waals surface area contributed by atoms with Gasteiger partial charge in [0.2, 0.25) is 0 Å². The molecule has 1 aromatic heterocycles. The van der Waals surface area contributed by atoms with Crippen molar-refractivity contribution in [3.05, 3.63) is 35.4 Å². The molecule has 96 valence electrons. The minimum atomic E-state index is 0.0885. The molecule has 18 heavy (non-hydrogen) atoms. The average Bonchev–Trinajstić information content (AvgIpc) is 2.28. The Kier molecular flexibility index (Phi) is 3.29. The molecule has 0 aliphatic carbocycles. The molecule has 0 atom stereocenters. The lowest BCUT2D eigenvalue weighted by molar-refractivity contribution is 0.594. The van der Waals surface area contributed by atoms with Gasteiger partial charge in [0, 0.05) is 5.39 Å². The van der Waals surface area contributed by atoms with Gasteiger partial charge in [-0.1, -0.05) is 52.3 Å². The van der Waals surface area contributed by atoms with E-state index in [1.807, 2.05) is 0 Å². The van der Waals surface area contributed by atoms with E-state index in [2.05, 4.69) is 56.9 Å². The summed E-state index contributed by atoms with van der Waals surface area (Å²) in [5.74, 6) is 0.682. The zero-order valence-electron chi connectivity index (χ0n) is 11.7. The summed E-state index contributed by atoms with van der Waals surface area (Å²) in [5.41, 5.74) is 9.63. The van der Waals surface area contributed by atoms with Crippen LogP contribution >= 0.6 is 0 Å². The number of hydrogen-bond donors (Lipinski definition) is 1. The van der Waals surface area contributed by atoms with Gasteiger partial charge in [-0.15, -0.1) is 0 Å². The molecule has 0 aliphatic heterocycles. The van der Waals surface area contributed by atoms with Crippen molar-refractivity contribution in [1.29, 1.82) is 0 Å². The van der Waals surface area contributed by atoms with Crippen LogP contribution in [-0.4, -0.2) is 4.98 Å². The number of aromatic nitrogens is 1. The first-order valence-electron chi connectivity index (χ1n) is 6.62. The normalized spacial score (nSPS) is 12.0. The predicted molar refractivity (Wildman–Crippen MR) is 78.9 cm³/mol. The molecule has 0 radical (unpaired) electrons. The standard InChI is InChI=1S/C16H22N2/c1-5-7-12-10-11-8-6-9-13(16(2,3)4)14(11)18-15(12)17/h6,8-10H,5,7H2,1-4H3,(H2,17,18). The Morgan fingerprint density at radius 2 is 1.94 bits per heavy atom. The van der Waals surface area contributed by atoms with Crippen molar-refractivity contribution < 1.29 is 0 Å². The summed E-state index contributed by atoms with van der Waals surface area (Å²) in [5, 5.41) is 1.19. The number of nitrogens with zero attached hydrogens (tertiary/aromatic N) is 1. The maximum absolute atomic E-state index is 6.07. The van der Waals surface area contributed by atoms with Crippen molar-refractivity contribution in [2.45, 2.75) is 46.0 Å². The van der Waals surface area contributed by atoms with Gasteiger partial charge in [-0.25, -0.2) is 4.98 Å². The second-order valence-corrected chi connectivity index (χ2v) is 5.91. The van der Waals surface area contributed by atoms with Crippen molar-refractivity contribution >= 4 is 16.7 Å². The Labute approximate surface area is 109 Å². The highest BCUT2D eigenvalue weighted by Gasteiger charge is 2.18. The van der Waals surface area contributed by atoms with Gasteiger partial charge in [-0.3, -0.25) is 0 Å². The van der Waals surface area contributed by atoms with E-state index in [0.717, 1.165) is 23.9 Å². The number of benzene rings is 1. The van der Waals surface area contributed by atoms with Crippen molar-refractivity contribution in [3.8, 4) is 0 Å². The molecule has 2 aromatic rings. The Morgan fingerprint density at radius 1 is 1.22 bits per heavy atom. The molecule has 1 aromatic carbocycles. The number of para-hydroxylation sites is 1. The van der Waals surface area contributed by atoms with Gasteiger partial charge in [0.15, 0.2) is 0 Å². The molecule has 0 amide bonds. The fraction of sp³-hybridized carbons (Fsp3) is 0.438. The maximum Gasteiger partial charge on any atom is 0.127 e. The molecule has 0 spiro atoms. The summed E-state index contributed by atoms with van der Waals surface area (Å²) in [6.45, 7) is 8.79. The van der Waals surface area contributed by atoms with Crippen molar-refractivity contribution in [2.24, 2.45) is 0 Å². The monoisotopic (exact) mass is 242 g/mol. The smallest absolute Gasteiger partial charge is 0.127 e. The zero-order chi connectivity index (χ0) is 13.3. The number of aryl methyl sites for hydroxylation is 1. The van der Waals surface area contributed by atoms with E-state index < -0.39 is 0 Å². The fourth-order valence-corrected chi connectivity index (χ4v) is 2.33. The van der Waals surface area contributed by atoms with E-state index in [1.165, 1.54) is 10.9 Å². The number of rotatable bonds is 2. The van der Waals surface area contributed by atoms with Gasteiger partial charge in [0.05, 0.1) is 5.52 Å². The van der Waals surface area contributed by atoms with Crippen LogP contribution in [0.4, 0.5) is 5.82 Å². The quantitative estimate of drug-likeness (QED) is 0.862. The van der Waals surface area contributed by atoms with Gasteiger partial charge < -0.3 is 5.73 Å². The molecular weight excluding hydrogens is 220 g/mol. The van der Waals surface area contributed by atoms with Crippen LogP contribution in [0.1, 0.15) is 45.2 Å². The second-order valence-electron chi connectivity index (χ2n) is 5.91. The zero-order valence-corrected chi connectivity index (χ0v) is 11.7. The molecule has 2 N–H and O–H groups in total. The minimum Gasteiger partial charge on any atom is -0.383 e. The van der Waals surface area contributed by atoms with Crippen LogP contribution in [0.2, 0.25) is 0 Å². The van der Waals surface area contributed by atoms with Gasteiger partial charge in [-0.2, -0.15) is 0 Å². The topological polar surface area (TPSA) is 38.9 Å². The molecule has 0 aliphatic rings. The third kappa shape index (κ3) is 2.33. The number of anilines is 1. The Morgan fingerprint density at radius 3 is 2.56 bits per heavy atom. The van der Waals surface area contributed by atoms with E-state index in [9.17, 15) is 0 Å². The van der Waals surface area contributed by atoms with Gasteiger partial charge in [0.25, 0.3) is 0 Å². The van der Waals surface area contributed by atoms with Crippen molar-refractivity contribution in [1.82, 2.24) is 4.98 Å². The van der Waals surface area contributed by atoms with Crippen molar-refractivity contribution in [3.63, 3.8) is 0 Å². The lowest BCUT2D eigenvalue weighted by atomic mass is 9.85. The van der Waals surface area contributed by atoms with Crippen LogP contribution in [0.15, 0.2) is 24.3 Å². The molecule has 2 heteroatoms. The number of nitrogen functional groups attached to an aromatic ring is 1. The van der Waals surface area contributed by atoms with E-state index >= 15 is 0 Å². The van der Waals surface area contributed by atoms with Gasteiger partial charge in [0.1, 0.15) is 5.82 Å². The van der Waals surface area contributed by atoms with Gasteiger partial charge in [-0.05, 0) is 29.0 Å². The first kappa shape index (κ1) is 12.9. The molecule has 0 saturated carbocycles. The third-order valence-corrected chi connectivity index (χ3v) is 3.29. The first-order chi connectivity index (χ1) is 8.43. The molecular formula is C16H22N2. The second kappa shape index (κ2) is 4.60. The highest BCUT2D eigenvalue weighted by Crippen LogP contribution is 2.30. The number of nitrogens with two attached hydrogens (primary N) is 1. The lowest BCUT2D eigenvalue weighted by Crippen LogP contribution is -2.12. The largest absolute Gasteiger partial charge is 0.383 e. The SMILES string of the molecule is CCCc1cc2cccc(C(C)(C)C)c2nc1N. The van der Waals surface area contributed by atoms with Crippen LogP contribution in [-0.2, 0) is 11.8 Å². The molecule has 0 fully saturated rings. The Balaban J connectivity index is 2.68. The molecule has 0 bridgehead atoms. The molecule has 0 saturated heterocycles. The maximum atomic E-state index is 6.07. The molecule has 0 unspecified atom stereocenters. The third-order valence-electron chi connectivity index (χ3n) is 3.29. The van der Waals surface area contributed by atoms with Gasteiger partial charge >= 0.3 is 0 Å². The van der Waals surface area contributed by atoms with E-state index in [4.69, 9.17) is 5.73 Å². The molecule has 2 nitrogen and oxygen atoms in total. The van der Waals surface area contributed by atoms with Crippen molar-refractivity contribution in [2.75, 3.05) is 5.73 Å². The van der Waals surface area contributed by atoms with Crippen LogP contribution < -0.4 is 5.73 Å². The molecule has 1 heterocycles. The summed E-state index contributed by atoms with van der Waals surface area (Å²) in [7, 11) is 0. The fourth-order valence-electron chi connectivity index (χ4n) is 2.33. The highest BCUT2D eigenvalue weighted by atomic mass is 14.8. The summed E-state index contributed by atoms with van der Waals surface area (Å²) in [6.07, 6.45) is 2.09. The van der Waals surface area contributed by atoms with E-state index in [0.29, 0.717) is 5.82 Å². The minimum absolute atomic E-state index is 0.0885. The highest BCUT2D eigenvalue weighted by molar-refractivity contribution is 5.85. The van der Waals surface area contributed by atoms with Crippen LogP contribution in [0.5, 0.6) is 0 Å². The summed E-state index contributed by atoms with van der Waals surface area (Å²) in [4.78, 5) is 4.64. The number of hydrogen-bond acceptors (Lipinski definition) is 2. The summed E-state index contributed by atoms with van der Waals surface area (Å²) < 4.78 is 0. The summed E-state index contributed by atoms with van der Waals surface area (Å²) in [6, 6.07) is 8.57. The van der Waals surface area contributed by atoms with Crippen LogP contribution in [0.25, 0.3) is 10.9 Å². The molecule has 2 rings (SSSR count). The van der Waals surface area contributed by atoms with E-state index in [1.54, 1.807) is 0 Å². The Bertz CT molecular complexity index is 565. The van der Waals surface area contributed by atoms with Crippen LogP contribution in [0.3, 0.4) is 0 Å². The Hall–Kier alpha value is -1.57. The summed E-state index contributed by atoms with van der Waals surface area (Å²) >= 11 is 0.